The summed E-state index contributed by atoms with van der Waals surface area (Å²) in [7, 11) is 0. The Balaban J connectivity index is 2.75. The molecule has 0 aliphatic heterocycles. The quantitative estimate of drug-likeness (QED) is 0.357. The fourth-order valence-corrected chi connectivity index (χ4v) is 2.75. The molecule has 0 saturated carbocycles. The molecule has 15 heavy (non-hydrogen) atoms. The van der Waals surface area contributed by atoms with Gasteiger partial charge in [0.2, 0.25) is 0 Å². The summed E-state index contributed by atoms with van der Waals surface area (Å²) in [6.07, 6.45) is 5.37. The normalized spacial score (nSPS) is 14.6. The Bertz CT molecular complexity index is 332. The minimum atomic E-state index is 0.511. The third-order valence-corrected chi connectivity index (χ3v) is 5.92. The molecule has 1 unspecified atom stereocenters. The summed E-state index contributed by atoms with van der Waals surface area (Å²) in [5, 5.41) is 0.511. The van der Waals surface area contributed by atoms with E-state index in [4.69, 9.17) is 0 Å². The van der Waals surface area contributed by atoms with Crippen molar-refractivity contribution in [2.75, 3.05) is 0 Å². The Hall–Kier alpha value is -0.100. The summed E-state index contributed by atoms with van der Waals surface area (Å²) >= 11 is 4.21. The zero-order chi connectivity index (χ0) is 11.3. The van der Waals surface area contributed by atoms with E-state index in [0.29, 0.717) is 14.7 Å². The van der Waals surface area contributed by atoms with E-state index in [9.17, 15) is 4.79 Å². The fourth-order valence-electron chi connectivity index (χ4n) is 1.20. The van der Waals surface area contributed by atoms with Crippen LogP contribution in [0, 0.1) is 0 Å². The van der Waals surface area contributed by atoms with Gasteiger partial charge in [0.15, 0.2) is 6.29 Å². The van der Waals surface area contributed by atoms with E-state index in [1.54, 1.807) is 24.2 Å². The van der Waals surface area contributed by atoms with Gasteiger partial charge in [0.1, 0.15) is 0 Å². The standard InChI is InChI=1S/C11H14INOS/c1-3-10(12)8(2)15-11-4-5-13-6-9(11)7-14/h4-8,10H,3H2,1-2H3/t8?,10-/m1/s1. The second-order valence-electron chi connectivity index (χ2n) is 3.28. The molecule has 0 N–H and O–H groups in total. The van der Waals surface area contributed by atoms with Gasteiger partial charge in [-0.15, -0.1) is 11.8 Å². The lowest BCUT2D eigenvalue weighted by Crippen LogP contribution is -2.11. The maximum Gasteiger partial charge on any atom is 0.152 e. The summed E-state index contributed by atoms with van der Waals surface area (Å²) in [6.45, 7) is 4.38. The smallest absolute Gasteiger partial charge is 0.152 e. The van der Waals surface area contributed by atoms with Crippen LogP contribution in [0.2, 0.25) is 0 Å². The van der Waals surface area contributed by atoms with Crippen molar-refractivity contribution < 1.29 is 4.79 Å². The molecular formula is C11H14INOS. The van der Waals surface area contributed by atoms with Crippen molar-refractivity contribution in [3.05, 3.63) is 24.0 Å². The first kappa shape index (κ1) is 13.0. The van der Waals surface area contributed by atoms with Crippen LogP contribution in [-0.4, -0.2) is 20.4 Å². The number of pyridine rings is 1. The summed E-state index contributed by atoms with van der Waals surface area (Å²) in [4.78, 5) is 15.8. The molecule has 1 heterocycles. The van der Waals surface area contributed by atoms with Crippen molar-refractivity contribution in [3.8, 4) is 0 Å². The van der Waals surface area contributed by atoms with Crippen molar-refractivity contribution in [1.29, 1.82) is 0 Å². The number of aldehydes is 1. The van der Waals surface area contributed by atoms with E-state index in [0.717, 1.165) is 17.6 Å². The largest absolute Gasteiger partial charge is 0.298 e. The van der Waals surface area contributed by atoms with Crippen molar-refractivity contribution in [3.63, 3.8) is 0 Å². The van der Waals surface area contributed by atoms with E-state index >= 15 is 0 Å². The first-order valence-corrected chi connectivity index (χ1v) is 7.01. The van der Waals surface area contributed by atoms with Crippen LogP contribution in [0.3, 0.4) is 0 Å². The van der Waals surface area contributed by atoms with Gasteiger partial charge in [-0.3, -0.25) is 9.78 Å². The molecule has 1 rings (SSSR count). The van der Waals surface area contributed by atoms with Gasteiger partial charge in [-0.05, 0) is 12.5 Å². The fraction of sp³-hybridized carbons (Fsp3) is 0.455. The summed E-state index contributed by atoms with van der Waals surface area (Å²) in [6, 6.07) is 1.91. The van der Waals surface area contributed by atoms with E-state index < -0.39 is 0 Å². The van der Waals surface area contributed by atoms with Gasteiger partial charge < -0.3 is 0 Å². The molecule has 1 aromatic rings. The van der Waals surface area contributed by atoms with Crippen LogP contribution in [0.4, 0.5) is 0 Å². The molecule has 4 heteroatoms. The first-order chi connectivity index (χ1) is 7.19. The molecule has 0 aliphatic carbocycles. The summed E-state index contributed by atoms with van der Waals surface area (Å²) < 4.78 is 0.625. The highest BCUT2D eigenvalue weighted by Crippen LogP contribution is 2.30. The molecule has 0 aliphatic rings. The minimum absolute atomic E-state index is 0.511. The number of rotatable bonds is 5. The highest BCUT2D eigenvalue weighted by molar-refractivity contribution is 14.1. The number of thioether (sulfide) groups is 1. The Kier molecular flexibility index (Phi) is 5.60. The molecular weight excluding hydrogens is 321 g/mol. The zero-order valence-electron chi connectivity index (χ0n) is 8.81. The van der Waals surface area contributed by atoms with Gasteiger partial charge in [-0.1, -0.05) is 36.4 Å². The predicted octanol–water partition coefficient (Wildman–Crippen LogP) is 3.59. The summed E-state index contributed by atoms with van der Waals surface area (Å²) in [5.74, 6) is 0. The molecule has 2 nitrogen and oxygen atoms in total. The molecule has 2 atom stereocenters. The van der Waals surface area contributed by atoms with Crippen LogP contribution in [0.25, 0.3) is 0 Å². The van der Waals surface area contributed by atoms with Gasteiger partial charge in [-0.2, -0.15) is 0 Å². The first-order valence-electron chi connectivity index (χ1n) is 4.89. The van der Waals surface area contributed by atoms with Crippen molar-refractivity contribution in [2.24, 2.45) is 0 Å². The van der Waals surface area contributed by atoms with Crippen LogP contribution in [-0.2, 0) is 0 Å². The molecule has 0 fully saturated rings. The topological polar surface area (TPSA) is 30.0 Å². The second kappa shape index (κ2) is 6.48. The molecule has 0 bridgehead atoms. The van der Waals surface area contributed by atoms with Crippen LogP contribution in [0.15, 0.2) is 23.4 Å². The average Bonchev–Trinajstić information content (AvgIpc) is 2.28. The molecule has 0 amide bonds. The number of nitrogens with zero attached hydrogens (tertiary/aromatic N) is 1. The highest BCUT2D eigenvalue weighted by Gasteiger charge is 2.14. The van der Waals surface area contributed by atoms with E-state index in [1.807, 2.05) is 6.07 Å². The van der Waals surface area contributed by atoms with E-state index in [2.05, 4.69) is 41.4 Å². The third-order valence-electron chi connectivity index (χ3n) is 2.15. The Morgan fingerprint density at radius 1 is 1.67 bits per heavy atom. The number of carbonyl (C=O) groups is 1. The second-order valence-corrected chi connectivity index (χ2v) is 6.30. The highest BCUT2D eigenvalue weighted by atomic mass is 127. The summed E-state index contributed by atoms with van der Waals surface area (Å²) in [5.41, 5.74) is 0.689. The Morgan fingerprint density at radius 2 is 2.40 bits per heavy atom. The van der Waals surface area contributed by atoms with E-state index in [-0.39, 0.29) is 0 Å². The van der Waals surface area contributed by atoms with Crippen LogP contribution in [0.1, 0.15) is 30.6 Å². The maximum atomic E-state index is 10.8. The molecule has 0 aromatic carbocycles. The SMILES string of the molecule is CC[C@@H](I)C(C)Sc1ccncc1C=O. The minimum Gasteiger partial charge on any atom is -0.298 e. The lowest BCUT2D eigenvalue weighted by molar-refractivity contribution is 0.112. The number of halogens is 1. The van der Waals surface area contributed by atoms with Gasteiger partial charge in [0, 0.05) is 32.0 Å². The number of alkyl halides is 1. The van der Waals surface area contributed by atoms with Crippen LogP contribution >= 0.6 is 34.4 Å². The lowest BCUT2D eigenvalue weighted by Gasteiger charge is -2.16. The lowest BCUT2D eigenvalue weighted by atomic mass is 10.3. The number of carbonyl (C=O) groups excluding carboxylic acids is 1. The van der Waals surface area contributed by atoms with Gasteiger partial charge >= 0.3 is 0 Å². The molecule has 82 valence electrons. The predicted molar refractivity (Wildman–Crippen MR) is 73.0 cm³/mol. The molecule has 0 spiro atoms. The monoisotopic (exact) mass is 335 g/mol. The Labute approximate surface area is 108 Å². The van der Waals surface area contributed by atoms with Gasteiger partial charge in [0.25, 0.3) is 0 Å². The molecule has 1 aromatic heterocycles. The average molecular weight is 335 g/mol. The maximum absolute atomic E-state index is 10.8. The van der Waals surface area contributed by atoms with Gasteiger partial charge in [-0.25, -0.2) is 0 Å². The Morgan fingerprint density at radius 3 is 3.00 bits per heavy atom. The number of aromatic nitrogens is 1. The number of hydrogen-bond acceptors (Lipinski definition) is 3. The molecule has 0 radical (unpaired) electrons. The van der Waals surface area contributed by atoms with Crippen LogP contribution < -0.4 is 0 Å². The van der Waals surface area contributed by atoms with Crippen molar-refractivity contribution >= 4 is 40.6 Å². The number of hydrogen-bond donors (Lipinski definition) is 0. The van der Waals surface area contributed by atoms with Crippen LogP contribution in [0.5, 0.6) is 0 Å². The third kappa shape index (κ3) is 3.75. The molecule has 0 saturated heterocycles. The zero-order valence-corrected chi connectivity index (χ0v) is 11.8. The van der Waals surface area contributed by atoms with Gasteiger partial charge in [0.05, 0.1) is 0 Å². The van der Waals surface area contributed by atoms with Crippen molar-refractivity contribution in [1.82, 2.24) is 4.98 Å². The van der Waals surface area contributed by atoms with E-state index in [1.165, 1.54) is 0 Å². The van der Waals surface area contributed by atoms with Crippen molar-refractivity contribution in [2.45, 2.75) is 34.3 Å².